The third-order valence-corrected chi connectivity index (χ3v) is 0.865. The Kier molecular flexibility index (Phi) is 3.95. The van der Waals surface area contributed by atoms with Gasteiger partial charge in [0.05, 0.1) is 13.3 Å². The van der Waals surface area contributed by atoms with E-state index in [9.17, 15) is 8.78 Å². The first-order chi connectivity index (χ1) is 3.31. The normalized spacial score (nSPS) is 14.1. The number of hydrogen-bond donors (Lipinski definition) is 0. The summed E-state index contributed by atoms with van der Waals surface area (Å²) in [5.41, 5.74) is 0. The molecule has 0 aliphatic rings. The van der Waals surface area contributed by atoms with Gasteiger partial charge in [0.1, 0.15) is 0 Å². The fraction of sp³-hybridized carbons (Fsp3) is 1.00. The summed E-state index contributed by atoms with van der Waals surface area (Å²) in [5, 5.41) is 0. The van der Waals surface area contributed by atoms with E-state index in [2.05, 4.69) is 0 Å². The first-order valence-electron chi connectivity index (χ1n) is 2.43. The lowest BCUT2D eigenvalue weighted by atomic mass is 10.1. The Labute approximate surface area is 42.5 Å². The molecule has 0 aromatic rings. The Morgan fingerprint density at radius 3 is 2.14 bits per heavy atom. The van der Waals surface area contributed by atoms with Crippen molar-refractivity contribution in [1.82, 2.24) is 0 Å². The second-order valence-electron chi connectivity index (χ2n) is 1.74. The molecule has 0 fully saturated rings. The van der Waals surface area contributed by atoms with Crippen LogP contribution in [0.2, 0.25) is 0 Å². The van der Waals surface area contributed by atoms with Gasteiger partial charge in [-0.2, -0.15) is 0 Å². The van der Waals surface area contributed by atoms with Gasteiger partial charge in [-0.25, -0.2) is 0 Å². The summed E-state index contributed by atoms with van der Waals surface area (Å²) in [6.07, 6.45) is 0.358. The average molecular weight is 108 g/mol. The molecule has 7 heavy (non-hydrogen) atoms. The molecule has 0 radical (unpaired) electrons. The van der Waals surface area contributed by atoms with Gasteiger partial charge in [-0.05, 0) is 12.3 Å². The van der Waals surface area contributed by atoms with Crippen LogP contribution in [0, 0.1) is 5.92 Å². The predicted molar refractivity (Wildman–Crippen MR) is 25.7 cm³/mol. The van der Waals surface area contributed by atoms with Crippen LogP contribution in [0.3, 0.4) is 0 Å². The minimum Gasteiger partial charge on any atom is -0.251 e. The molecule has 0 saturated heterocycles. The third kappa shape index (κ3) is 3.70. The lowest BCUT2D eigenvalue weighted by Crippen LogP contribution is -1.96. The van der Waals surface area contributed by atoms with Gasteiger partial charge in [0.15, 0.2) is 0 Å². The summed E-state index contributed by atoms with van der Waals surface area (Å²) in [5.74, 6) is -0.0926. The van der Waals surface area contributed by atoms with Crippen LogP contribution in [0.4, 0.5) is 8.78 Å². The molecule has 0 nitrogen and oxygen atoms in total. The van der Waals surface area contributed by atoms with Crippen molar-refractivity contribution in [2.24, 2.45) is 5.92 Å². The lowest BCUT2D eigenvalue weighted by Gasteiger charge is -1.98. The zero-order valence-corrected chi connectivity index (χ0v) is 4.45. The number of hydrogen-bond acceptors (Lipinski definition) is 0. The monoisotopic (exact) mass is 108 g/mol. The van der Waals surface area contributed by atoms with Crippen molar-refractivity contribution in [3.8, 4) is 0 Å². The Bertz CT molecular complexity index is 37.1. The van der Waals surface area contributed by atoms with E-state index in [-0.39, 0.29) is 5.92 Å². The van der Waals surface area contributed by atoms with Gasteiger partial charge in [-0.15, -0.1) is 0 Å². The SMILES string of the molecule is CC(CF)CCF. The highest BCUT2D eigenvalue weighted by atomic mass is 19.1. The second-order valence-corrected chi connectivity index (χ2v) is 1.74. The minimum atomic E-state index is -0.399. The van der Waals surface area contributed by atoms with Crippen LogP contribution in [0.1, 0.15) is 13.3 Å². The molecule has 0 spiro atoms. The molecule has 1 atom stereocenters. The maximum absolute atomic E-state index is 11.4. The lowest BCUT2D eigenvalue weighted by molar-refractivity contribution is 0.329. The predicted octanol–water partition coefficient (Wildman–Crippen LogP) is 1.95. The molecule has 2 heteroatoms. The molecule has 0 heterocycles. The van der Waals surface area contributed by atoms with Crippen molar-refractivity contribution in [3.63, 3.8) is 0 Å². The van der Waals surface area contributed by atoms with Crippen LogP contribution in [0.25, 0.3) is 0 Å². The first kappa shape index (κ1) is 6.86. The van der Waals surface area contributed by atoms with Crippen LogP contribution in [0.15, 0.2) is 0 Å². The van der Waals surface area contributed by atoms with E-state index in [1.807, 2.05) is 0 Å². The topological polar surface area (TPSA) is 0 Å². The summed E-state index contributed by atoms with van der Waals surface area (Å²) in [4.78, 5) is 0. The van der Waals surface area contributed by atoms with E-state index in [1.54, 1.807) is 6.92 Å². The molecule has 1 unspecified atom stereocenters. The molecule has 0 aliphatic carbocycles. The van der Waals surface area contributed by atoms with Crippen molar-refractivity contribution in [3.05, 3.63) is 0 Å². The Balaban J connectivity index is 2.83. The summed E-state index contributed by atoms with van der Waals surface area (Å²) in [6.45, 7) is 0.897. The summed E-state index contributed by atoms with van der Waals surface area (Å²) < 4.78 is 22.7. The zero-order chi connectivity index (χ0) is 5.70. The second kappa shape index (κ2) is 4.03. The molecular formula is C5H10F2. The van der Waals surface area contributed by atoms with Gasteiger partial charge < -0.3 is 0 Å². The van der Waals surface area contributed by atoms with Crippen molar-refractivity contribution >= 4 is 0 Å². The van der Waals surface area contributed by atoms with E-state index in [0.29, 0.717) is 6.42 Å². The fourth-order valence-corrected chi connectivity index (χ4v) is 0.263. The highest BCUT2D eigenvalue weighted by Crippen LogP contribution is 2.00. The zero-order valence-electron chi connectivity index (χ0n) is 4.45. The first-order valence-corrected chi connectivity index (χ1v) is 2.43. The van der Waals surface area contributed by atoms with Crippen LogP contribution in [-0.4, -0.2) is 13.3 Å². The summed E-state index contributed by atoms with van der Waals surface area (Å²) >= 11 is 0. The minimum absolute atomic E-state index is 0.0926. The molecule has 0 amide bonds. The standard InChI is InChI=1S/C5H10F2/c1-5(4-7)2-3-6/h5H,2-4H2,1H3. The smallest absolute Gasteiger partial charge is 0.0920 e. The molecule has 0 saturated carbocycles. The molecule has 44 valence electrons. The molecule has 0 aliphatic heterocycles. The van der Waals surface area contributed by atoms with E-state index in [4.69, 9.17) is 0 Å². The van der Waals surface area contributed by atoms with Crippen LogP contribution < -0.4 is 0 Å². The van der Waals surface area contributed by atoms with Crippen molar-refractivity contribution in [2.45, 2.75) is 13.3 Å². The molecule has 0 aromatic heterocycles. The van der Waals surface area contributed by atoms with Gasteiger partial charge in [0, 0.05) is 0 Å². The molecular weight excluding hydrogens is 98.1 g/mol. The highest BCUT2D eigenvalue weighted by molar-refractivity contribution is 4.46. The van der Waals surface area contributed by atoms with Gasteiger partial charge in [-0.1, -0.05) is 6.92 Å². The molecule has 0 rings (SSSR count). The molecule has 0 bridgehead atoms. The van der Waals surface area contributed by atoms with Crippen molar-refractivity contribution < 1.29 is 8.78 Å². The van der Waals surface area contributed by atoms with Crippen LogP contribution in [0.5, 0.6) is 0 Å². The maximum atomic E-state index is 11.4. The molecule has 0 N–H and O–H groups in total. The van der Waals surface area contributed by atoms with Gasteiger partial charge in [0.2, 0.25) is 0 Å². The largest absolute Gasteiger partial charge is 0.251 e. The molecule has 0 aromatic carbocycles. The van der Waals surface area contributed by atoms with E-state index in [0.717, 1.165) is 0 Å². The summed E-state index contributed by atoms with van der Waals surface area (Å²) in [7, 11) is 0. The van der Waals surface area contributed by atoms with Crippen LogP contribution >= 0.6 is 0 Å². The van der Waals surface area contributed by atoms with Gasteiger partial charge >= 0.3 is 0 Å². The highest BCUT2D eigenvalue weighted by Gasteiger charge is 1.97. The van der Waals surface area contributed by atoms with E-state index >= 15 is 0 Å². The number of halogens is 2. The fourth-order valence-electron chi connectivity index (χ4n) is 0.263. The number of rotatable bonds is 3. The average Bonchev–Trinajstić information content (AvgIpc) is 1.68. The van der Waals surface area contributed by atoms with Gasteiger partial charge in [-0.3, -0.25) is 8.78 Å². The van der Waals surface area contributed by atoms with Gasteiger partial charge in [0.25, 0.3) is 0 Å². The van der Waals surface area contributed by atoms with Crippen LogP contribution in [-0.2, 0) is 0 Å². The Morgan fingerprint density at radius 1 is 1.43 bits per heavy atom. The summed E-state index contributed by atoms with van der Waals surface area (Å²) in [6, 6.07) is 0. The Hall–Kier alpha value is -0.140. The maximum Gasteiger partial charge on any atom is 0.0920 e. The number of alkyl halides is 2. The third-order valence-electron chi connectivity index (χ3n) is 0.865. The van der Waals surface area contributed by atoms with E-state index in [1.165, 1.54) is 0 Å². The van der Waals surface area contributed by atoms with Crippen molar-refractivity contribution in [1.29, 1.82) is 0 Å². The van der Waals surface area contributed by atoms with Crippen molar-refractivity contribution in [2.75, 3.05) is 13.3 Å². The quantitative estimate of drug-likeness (QED) is 0.518. The van der Waals surface area contributed by atoms with E-state index < -0.39 is 13.3 Å². The Morgan fingerprint density at radius 2 is 2.00 bits per heavy atom.